The number of carbonyl (C=O) groups excluding carboxylic acids is 1. The van der Waals surface area contributed by atoms with Crippen LogP contribution in [0.1, 0.15) is 31.2 Å². The summed E-state index contributed by atoms with van der Waals surface area (Å²) in [6.07, 6.45) is 7.55. The van der Waals surface area contributed by atoms with Gasteiger partial charge in [0.15, 0.2) is 0 Å². The molecule has 1 unspecified atom stereocenters. The molecule has 1 aromatic rings. The van der Waals surface area contributed by atoms with Crippen molar-refractivity contribution >= 4 is 17.6 Å². The van der Waals surface area contributed by atoms with Crippen molar-refractivity contribution in [2.24, 2.45) is 0 Å². The minimum Gasteiger partial charge on any atom is -0.354 e. The number of aromatic amines is 1. The Morgan fingerprint density at radius 2 is 2.15 bits per heavy atom. The summed E-state index contributed by atoms with van der Waals surface area (Å²) in [4.78, 5) is 22.0. The van der Waals surface area contributed by atoms with Gasteiger partial charge in [0.2, 0.25) is 5.91 Å². The minimum absolute atomic E-state index is 0.125. The zero-order chi connectivity index (χ0) is 18.7. The van der Waals surface area contributed by atoms with E-state index in [1.54, 1.807) is 6.20 Å². The number of hydrogen-bond acceptors (Lipinski definition) is 4. The Morgan fingerprint density at radius 1 is 1.42 bits per heavy atom. The normalized spacial score (nSPS) is 22.9. The molecular weight excluding hydrogens is 328 g/mol. The third-order valence-electron chi connectivity index (χ3n) is 5.47. The molecule has 2 aliphatic heterocycles. The van der Waals surface area contributed by atoms with Crippen LogP contribution in [0.2, 0.25) is 0 Å². The number of rotatable bonds is 5. The van der Waals surface area contributed by atoms with E-state index in [1.165, 1.54) is 0 Å². The molecule has 2 fully saturated rings. The number of H-pyrrole nitrogens is 1. The van der Waals surface area contributed by atoms with E-state index in [0.29, 0.717) is 12.4 Å². The molecule has 1 atom stereocenters. The Bertz CT molecular complexity index is 681. The fourth-order valence-corrected chi connectivity index (χ4v) is 4.37. The van der Waals surface area contributed by atoms with Gasteiger partial charge in [-0.1, -0.05) is 6.58 Å². The monoisotopic (exact) mass is 358 g/mol. The summed E-state index contributed by atoms with van der Waals surface area (Å²) in [5, 5.41) is 11.8. The summed E-state index contributed by atoms with van der Waals surface area (Å²) < 4.78 is 0. The van der Waals surface area contributed by atoms with Crippen LogP contribution < -0.4 is 5.32 Å². The molecule has 0 bridgehead atoms. The van der Waals surface area contributed by atoms with Gasteiger partial charge in [-0.05, 0) is 52.0 Å². The van der Waals surface area contributed by atoms with Gasteiger partial charge in [0.1, 0.15) is 11.7 Å². The number of hydrogen-bond donors (Lipinski definition) is 3. The molecule has 0 radical (unpaired) electrons. The second kappa shape index (κ2) is 7.53. The summed E-state index contributed by atoms with van der Waals surface area (Å²) >= 11 is 0. The molecule has 2 aliphatic rings. The number of likely N-dealkylation sites (tertiary alicyclic amines) is 2. The predicted octanol–water partition coefficient (Wildman–Crippen LogP) is 1.91. The standard InChI is InChI=1S/C19H30N6O/c1-4-21-18-15(7-10-22-18)17(20)24-11-5-8-19(14-24)9-6-12-25(19)16(26)13-23(2)3/h4,7,10,20-22H,1,5-6,8-9,11-14H2,2-3H3. The molecule has 3 heterocycles. The molecule has 26 heavy (non-hydrogen) atoms. The molecule has 7 heteroatoms. The van der Waals surface area contributed by atoms with Crippen LogP contribution in [-0.4, -0.2) is 77.2 Å². The molecule has 1 spiro atoms. The Kier molecular flexibility index (Phi) is 5.36. The maximum atomic E-state index is 12.8. The number of anilines is 1. The van der Waals surface area contributed by atoms with Crippen molar-refractivity contribution in [3.63, 3.8) is 0 Å². The zero-order valence-electron chi connectivity index (χ0n) is 15.8. The number of likely N-dealkylation sites (N-methyl/N-ethyl adjacent to an activating group) is 1. The fourth-order valence-electron chi connectivity index (χ4n) is 4.37. The molecule has 3 rings (SSSR count). The van der Waals surface area contributed by atoms with E-state index < -0.39 is 0 Å². The van der Waals surface area contributed by atoms with Crippen LogP contribution in [0.5, 0.6) is 0 Å². The van der Waals surface area contributed by atoms with Gasteiger partial charge in [-0.3, -0.25) is 10.2 Å². The first-order chi connectivity index (χ1) is 12.5. The molecule has 7 nitrogen and oxygen atoms in total. The van der Waals surface area contributed by atoms with E-state index in [1.807, 2.05) is 31.3 Å². The van der Waals surface area contributed by atoms with E-state index in [4.69, 9.17) is 5.41 Å². The number of nitrogens with one attached hydrogen (secondary N) is 3. The fraction of sp³-hybridized carbons (Fsp3) is 0.579. The van der Waals surface area contributed by atoms with Gasteiger partial charge in [0.05, 0.1) is 17.6 Å². The second-order valence-corrected chi connectivity index (χ2v) is 7.60. The van der Waals surface area contributed by atoms with Gasteiger partial charge in [0.25, 0.3) is 0 Å². The average molecular weight is 358 g/mol. The third kappa shape index (κ3) is 3.49. The third-order valence-corrected chi connectivity index (χ3v) is 5.47. The molecule has 0 aliphatic carbocycles. The summed E-state index contributed by atoms with van der Waals surface area (Å²) in [5.41, 5.74) is 0.714. The van der Waals surface area contributed by atoms with E-state index >= 15 is 0 Å². The van der Waals surface area contributed by atoms with Crippen molar-refractivity contribution in [2.75, 3.05) is 45.6 Å². The molecule has 0 aromatic carbocycles. The van der Waals surface area contributed by atoms with Crippen molar-refractivity contribution in [1.82, 2.24) is 19.7 Å². The van der Waals surface area contributed by atoms with Crippen LogP contribution in [0.25, 0.3) is 0 Å². The van der Waals surface area contributed by atoms with E-state index in [2.05, 4.69) is 26.7 Å². The van der Waals surface area contributed by atoms with E-state index in [9.17, 15) is 4.79 Å². The van der Waals surface area contributed by atoms with Crippen LogP contribution in [-0.2, 0) is 4.79 Å². The van der Waals surface area contributed by atoms with Crippen molar-refractivity contribution in [3.05, 3.63) is 30.6 Å². The van der Waals surface area contributed by atoms with Gasteiger partial charge < -0.3 is 25.0 Å². The smallest absolute Gasteiger partial charge is 0.237 e. The molecule has 1 aromatic heterocycles. The van der Waals surface area contributed by atoms with Crippen molar-refractivity contribution in [1.29, 1.82) is 5.41 Å². The van der Waals surface area contributed by atoms with Crippen LogP contribution in [0.15, 0.2) is 25.0 Å². The Morgan fingerprint density at radius 3 is 2.85 bits per heavy atom. The van der Waals surface area contributed by atoms with E-state index in [0.717, 1.165) is 56.7 Å². The number of piperidine rings is 1. The predicted molar refractivity (Wildman–Crippen MR) is 104 cm³/mol. The zero-order valence-corrected chi connectivity index (χ0v) is 15.8. The summed E-state index contributed by atoms with van der Waals surface area (Å²) in [6.45, 7) is 6.58. The van der Waals surface area contributed by atoms with Gasteiger partial charge >= 0.3 is 0 Å². The topological polar surface area (TPSA) is 78.5 Å². The Balaban J connectivity index is 1.77. The first kappa shape index (κ1) is 18.5. The lowest BCUT2D eigenvalue weighted by molar-refractivity contribution is -0.137. The summed E-state index contributed by atoms with van der Waals surface area (Å²) in [5.74, 6) is 1.50. The molecular formula is C19H30N6O. The molecule has 1 amide bonds. The van der Waals surface area contributed by atoms with E-state index in [-0.39, 0.29) is 11.4 Å². The van der Waals surface area contributed by atoms with Gasteiger partial charge in [-0.15, -0.1) is 0 Å². The summed E-state index contributed by atoms with van der Waals surface area (Å²) in [6, 6.07) is 1.92. The highest BCUT2D eigenvalue weighted by Gasteiger charge is 2.46. The largest absolute Gasteiger partial charge is 0.354 e. The van der Waals surface area contributed by atoms with Gasteiger partial charge in [-0.2, -0.15) is 0 Å². The minimum atomic E-state index is -0.125. The lowest BCUT2D eigenvalue weighted by Gasteiger charge is -2.47. The quantitative estimate of drug-likeness (QED) is 0.555. The lowest BCUT2D eigenvalue weighted by atomic mass is 9.86. The van der Waals surface area contributed by atoms with Crippen molar-refractivity contribution < 1.29 is 4.79 Å². The second-order valence-electron chi connectivity index (χ2n) is 7.60. The number of amides is 1. The highest BCUT2D eigenvalue weighted by atomic mass is 16.2. The van der Waals surface area contributed by atoms with Crippen LogP contribution >= 0.6 is 0 Å². The SMILES string of the molecule is C=CNc1[nH]ccc1C(=N)N1CCCC2(CCCN2C(=O)CN(C)C)C1. The number of amidine groups is 1. The highest BCUT2D eigenvalue weighted by Crippen LogP contribution is 2.38. The van der Waals surface area contributed by atoms with Crippen molar-refractivity contribution in [3.8, 4) is 0 Å². The van der Waals surface area contributed by atoms with Gasteiger partial charge in [-0.25, -0.2) is 0 Å². The first-order valence-electron chi connectivity index (χ1n) is 9.31. The van der Waals surface area contributed by atoms with Crippen molar-refractivity contribution in [2.45, 2.75) is 31.2 Å². The lowest BCUT2D eigenvalue weighted by Crippen LogP contribution is -2.59. The maximum Gasteiger partial charge on any atom is 0.237 e. The average Bonchev–Trinajstić information content (AvgIpc) is 3.21. The first-order valence-corrected chi connectivity index (χ1v) is 9.31. The maximum absolute atomic E-state index is 12.8. The number of aromatic nitrogens is 1. The molecule has 3 N–H and O–H groups in total. The van der Waals surface area contributed by atoms with Crippen LogP contribution in [0.3, 0.4) is 0 Å². The molecule has 2 saturated heterocycles. The number of carbonyl (C=O) groups is 1. The highest BCUT2D eigenvalue weighted by molar-refractivity contribution is 6.01. The summed E-state index contributed by atoms with van der Waals surface area (Å²) in [7, 11) is 3.87. The van der Waals surface area contributed by atoms with Crippen LogP contribution in [0.4, 0.5) is 5.82 Å². The Hall–Kier alpha value is -2.28. The van der Waals surface area contributed by atoms with Gasteiger partial charge in [0, 0.05) is 25.8 Å². The molecule has 142 valence electrons. The number of nitrogens with zero attached hydrogens (tertiary/aromatic N) is 3. The van der Waals surface area contributed by atoms with Crippen LogP contribution in [0, 0.1) is 5.41 Å². The Labute approximate surface area is 155 Å². The molecule has 0 saturated carbocycles.